The summed E-state index contributed by atoms with van der Waals surface area (Å²) in [4.78, 5) is 13.7. The normalized spacial score (nSPS) is 13.6. The summed E-state index contributed by atoms with van der Waals surface area (Å²) < 4.78 is 28.0. The van der Waals surface area contributed by atoms with Crippen LogP contribution in [0.15, 0.2) is 47.4 Å². The smallest absolute Gasteiger partial charge is 0.321 e. The van der Waals surface area contributed by atoms with Crippen LogP contribution in [-0.2, 0) is 16.4 Å². The van der Waals surface area contributed by atoms with Gasteiger partial charge in [0.15, 0.2) is 0 Å². The van der Waals surface area contributed by atoms with Crippen LogP contribution in [-0.4, -0.2) is 28.0 Å². The van der Waals surface area contributed by atoms with Gasteiger partial charge in [-0.15, -0.1) is 0 Å². The Morgan fingerprint density at radius 3 is 2.42 bits per heavy atom. The van der Waals surface area contributed by atoms with E-state index in [-0.39, 0.29) is 10.9 Å². The van der Waals surface area contributed by atoms with Crippen LogP contribution >= 0.6 is 0 Å². The number of carbonyl (C=O) groups excluding carboxylic acids is 1. The average Bonchev–Trinajstić information content (AvgIpc) is 3.04. The second kappa shape index (κ2) is 6.99. The minimum atomic E-state index is -3.68. The van der Waals surface area contributed by atoms with Crippen molar-refractivity contribution in [1.82, 2.24) is 5.32 Å². The SMILES string of the molecule is CNC(=O)N1CCc2cc(S(=O)(=O)Nc3ccc(C(C)C)cc3)ccc21. The van der Waals surface area contributed by atoms with E-state index in [1.54, 1.807) is 36.2 Å². The number of sulfonamides is 1. The highest BCUT2D eigenvalue weighted by Crippen LogP contribution is 2.31. The molecule has 0 saturated carbocycles. The summed E-state index contributed by atoms with van der Waals surface area (Å²) >= 11 is 0. The molecule has 0 fully saturated rings. The fourth-order valence-electron chi connectivity index (χ4n) is 3.04. The van der Waals surface area contributed by atoms with Gasteiger partial charge in [-0.2, -0.15) is 0 Å². The maximum atomic E-state index is 12.7. The fourth-order valence-corrected chi connectivity index (χ4v) is 4.15. The maximum absolute atomic E-state index is 12.7. The number of benzene rings is 2. The van der Waals surface area contributed by atoms with Crippen molar-refractivity contribution in [2.24, 2.45) is 0 Å². The predicted octanol–water partition coefficient (Wildman–Crippen LogP) is 3.31. The molecule has 0 saturated heterocycles. The number of carbonyl (C=O) groups is 1. The van der Waals surface area contributed by atoms with Gasteiger partial charge in [0.25, 0.3) is 10.0 Å². The Labute approximate surface area is 154 Å². The molecule has 1 aliphatic heterocycles. The van der Waals surface area contributed by atoms with E-state index in [0.29, 0.717) is 24.6 Å². The number of hydrogen-bond donors (Lipinski definition) is 2. The van der Waals surface area contributed by atoms with Crippen molar-refractivity contribution in [3.63, 3.8) is 0 Å². The van der Waals surface area contributed by atoms with Gasteiger partial charge in [0.05, 0.1) is 4.90 Å². The van der Waals surface area contributed by atoms with Crippen molar-refractivity contribution in [2.75, 3.05) is 23.2 Å². The lowest BCUT2D eigenvalue weighted by molar-refractivity contribution is 0.248. The van der Waals surface area contributed by atoms with Gasteiger partial charge in [-0.3, -0.25) is 9.62 Å². The summed E-state index contributed by atoms with van der Waals surface area (Å²) in [5.74, 6) is 0.389. The molecule has 26 heavy (non-hydrogen) atoms. The summed E-state index contributed by atoms with van der Waals surface area (Å²) in [7, 11) is -2.10. The first kappa shape index (κ1) is 18.3. The van der Waals surface area contributed by atoms with Crippen molar-refractivity contribution in [1.29, 1.82) is 0 Å². The number of nitrogens with one attached hydrogen (secondary N) is 2. The lowest BCUT2D eigenvalue weighted by Gasteiger charge is -2.17. The molecule has 6 nitrogen and oxygen atoms in total. The van der Waals surface area contributed by atoms with E-state index < -0.39 is 10.0 Å². The molecule has 0 atom stereocenters. The van der Waals surface area contributed by atoms with Gasteiger partial charge < -0.3 is 5.32 Å². The van der Waals surface area contributed by atoms with E-state index in [4.69, 9.17) is 0 Å². The average molecular weight is 373 g/mol. The molecule has 0 radical (unpaired) electrons. The van der Waals surface area contributed by atoms with E-state index in [9.17, 15) is 13.2 Å². The largest absolute Gasteiger partial charge is 0.341 e. The Kier molecular flexibility index (Phi) is 4.91. The minimum Gasteiger partial charge on any atom is -0.341 e. The minimum absolute atomic E-state index is 0.192. The Hall–Kier alpha value is -2.54. The van der Waals surface area contributed by atoms with Crippen LogP contribution in [0.1, 0.15) is 30.9 Å². The molecular formula is C19H23N3O3S. The zero-order chi connectivity index (χ0) is 18.9. The number of urea groups is 1. The number of hydrogen-bond acceptors (Lipinski definition) is 3. The van der Waals surface area contributed by atoms with Crippen LogP contribution in [0.5, 0.6) is 0 Å². The lowest BCUT2D eigenvalue weighted by atomic mass is 10.0. The van der Waals surface area contributed by atoms with Gasteiger partial charge in [-0.05, 0) is 53.8 Å². The molecule has 1 aliphatic rings. The molecule has 2 amide bonds. The Balaban J connectivity index is 1.83. The van der Waals surface area contributed by atoms with Crippen LogP contribution in [0, 0.1) is 0 Å². The third-order valence-electron chi connectivity index (χ3n) is 4.55. The van der Waals surface area contributed by atoms with Gasteiger partial charge in [-0.25, -0.2) is 13.2 Å². The van der Waals surface area contributed by atoms with Crippen molar-refractivity contribution in [3.05, 3.63) is 53.6 Å². The lowest BCUT2D eigenvalue weighted by Crippen LogP contribution is -2.36. The molecule has 2 aromatic rings. The second-order valence-corrected chi connectivity index (χ2v) is 8.31. The highest BCUT2D eigenvalue weighted by molar-refractivity contribution is 7.92. The van der Waals surface area contributed by atoms with Crippen molar-refractivity contribution >= 4 is 27.4 Å². The number of anilines is 2. The van der Waals surface area contributed by atoms with Gasteiger partial charge in [0.1, 0.15) is 0 Å². The van der Waals surface area contributed by atoms with Gasteiger partial charge in [-0.1, -0.05) is 26.0 Å². The predicted molar refractivity (Wildman–Crippen MR) is 103 cm³/mol. The third-order valence-corrected chi connectivity index (χ3v) is 5.92. The zero-order valence-electron chi connectivity index (χ0n) is 15.1. The van der Waals surface area contributed by atoms with E-state index in [0.717, 1.165) is 16.8 Å². The third kappa shape index (κ3) is 3.53. The number of amides is 2. The van der Waals surface area contributed by atoms with Gasteiger partial charge in [0.2, 0.25) is 0 Å². The standard InChI is InChI=1S/C19H23N3O3S/c1-13(2)14-4-6-16(7-5-14)21-26(24,25)17-8-9-18-15(12-17)10-11-22(18)19(23)20-3/h4-9,12-13,21H,10-11H2,1-3H3,(H,20,23). The zero-order valence-corrected chi connectivity index (χ0v) is 15.9. The first-order valence-electron chi connectivity index (χ1n) is 8.57. The van der Waals surface area contributed by atoms with Crippen LogP contribution in [0.3, 0.4) is 0 Å². The van der Waals surface area contributed by atoms with E-state index in [1.165, 1.54) is 6.07 Å². The molecule has 138 valence electrons. The molecule has 0 spiro atoms. The molecule has 0 unspecified atom stereocenters. The number of nitrogens with zero attached hydrogens (tertiary/aromatic N) is 1. The summed E-state index contributed by atoms with van der Waals surface area (Å²) in [5, 5.41) is 2.59. The number of rotatable bonds is 4. The summed E-state index contributed by atoms with van der Waals surface area (Å²) in [5.41, 5.74) is 3.29. The monoisotopic (exact) mass is 373 g/mol. The van der Waals surface area contributed by atoms with Crippen LogP contribution < -0.4 is 14.9 Å². The molecule has 0 aromatic heterocycles. The first-order valence-corrected chi connectivity index (χ1v) is 10.0. The molecule has 3 rings (SSSR count). The highest BCUT2D eigenvalue weighted by atomic mass is 32.2. The topological polar surface area (TPSA) is 78.5 Å². The Morgan fingerprint density at radius 1 is 1.12 bits per heavy atom. The summed E-state index contributed by atoms with van der Waals surface area (Å²) in [6.45, 7) is 4.72. The molecule has 0 aliphatic carbocycles. The van der Waals surface area contributed by atoms with Crippen molar-refractivity contribution < 1.29 is 13.2 Å². The van der Waals surface area contributed by atoms with E-state index in [1.807, 2.05) is 12.1 Å². The van der Waals surface area contributed by atoms with Crippen LogP contribution in [0.4, 0.5) is 16.2 Å². The van der Waals surface area contributed by atoms with E-state index >= 15 is 0 Å². The van der Waals surface area contributed by atoms with Gasteiger partial charge >= 0.3 is 6.03 Å². The van der Waals surface area contributed by atoms with Crippen molar-refractivity contribution in [2.45, 2.75) is 31.1 Å². The summed E-state index contributed by atoms with van der Waals surface area (Å²) in [6.07, 6.45) is 0.634. The Bertz CT molecular complexity index is 922. The molecular weight excluding hydrogens is 350 g/mol. The van der Waals surface area contributed by atoms with Crippen LogP contribution in [0.25, 0.3) is 0 Å². The Morgan fingerprint density at radius 2 is 1.81 bits per heavy atom. The fraction of sp³-hybridized carbons (Fsp3) is 0.316. The van der Waals surface area contributed by atoms with Crippen molar-refractivity contribution in [3.8, 4) is 0 Å². The van der Waals surface area contributed by atoms with Crippen LogP contribution in [0.2, 0.25) is 0 Å². The molecule has 2 N–H and O–H groups in total. The highest BCUT2D eigenvalue weighted by Gasteiger charge is 2.26. The number of fused-ring (bicyclic) bond motifs is 1. The molecule has 0 bridgehead atoms. The molecule has 2 aromatic carbocycles. The maximum Gasteiger partial charge on any atom is 0.321 e. The molecule has 7 heteroatoms. The second-order valence-electron chi connectivity index (χ2n) is 6.63. The molecule has 1 heterocycles. The first-order chi connectivity index (χ1) is 12.3. The van der Waals surface area contributed by atoms with Gasteiger partial charge in [0, 0.05) is 25.0 Å². The quantitative estimate of drug-likeness (QED) is 0.863. The summed E-state index contributed by atoms with van der Waals surface area (Å²) in [6, 6.07) is 12.1. The van der Waals surface area contributed by atoms with E-state index in [2.05, 4.69) is 23.9 Å².